The van der Waals surface area contributed by atoms with E-state index in [1.54, 1.807) is 0 Å². The Hall–Kier alpha value is -0.0600. The summed E-state index contributed by atoms with van der Waals surface area (Å²) < 4.78 is 0.627. The molecule has 2 nitrogen and oxygen atoms in total. The number of nitrogens with zero attached hydrogens (tertiary/aromatic N) is 1. The molecular weight excluding hydrogens is 275 g/mol. The molecule has 0 aliphatic heterocycles. The van der Waals surface area contributed by atoms with Gasteiger partial charge in [0.15, 0.2) is 0 Å². The van der Waals surface area contributed by atoms with Gasteiger partial charge < -0.3 is 5.32 Å². The molecule has 1 atom stereocenters. The second-order valence-corrected chi connectivity index (χ2v) is 5.48. The van der Waals surface area contributed by atoms with Gasteiger partial charge in [-0.25, -0.2) is 4.99 Å². The van der Waals surface area contributed by atoms with E-state index < -0.39 is 0 Å². The molecule has 0 fully saturated rings. The van der Waals surface area contributed by atoms with Crippen LogP contribution in [-0.2, 0) is 0 Å². The van der Waals surface area contributed by atoms with Gasteiger partial charge >= 0.3 is 0 Å². The van der Waals surface area contributed by atoms with Crippen LogP contribution in [0.25, 0.3) is 0 Å². The topological polar surface area (TPSA) is 24.4 Å². The van der Waals surface area contributed by atoms with E-state index in [1.807, 2.05) is 19.2 Å². The highest BCUT2D eigenvalue weighted by molar-refractivity contribution is 14.1. The van der Waals surface area contributed by atoms with Gasteiger partial charge in [-0.3, -0.25) is 0 Å². The lowest BCUT2D eigenvalue weighted by atomic mass is 10.2. The Kier molecular flexibility index (Phi) is 7.32. The first-order valence-corrected chi connectivity index (χ1v) is 5.89. The number of aliphatic imine (C=N–C) groups is 1. The first-order valence-electron chi connectivity index (χ1n) is 4.64. The summed E-state index contributed by atoms with van der Waals surface area (Å²) in [5.74, 6) is 1.48. The average Bonchev–Trinajstić information content (AvgIpc) is 2.04. The number of hydrogen-bond acceptors (Lipinski definition) is 2. The van der Waals surface area contributed by atoms with Crippen LogP contribution in [0.15, 0.2) is 16.9 Å². The largest absolute Gasteiger partial charge is 0.369 e. The standard InChI is InChI=1S/C10H19IN2/c1-5-10(12-6-8(2)3)13-7-9(4)11/h5-6,8-9,13H,7H2,1-4H3/b10-5+,12-6?. The van der Waals surface area contributed by atoms with Gasteiger partial charge in [-0.15, -0.1) is 0 Å². The number of nitrogens with one attached hydrogen (secondary N) is 1. The lowest BCUT2D eigenvalue weighted by molar-refractivity contribution is 0.782. The molecule has 0 amide bonds. The summed E-state index contributed by atoms with van der Waals surface area (Å²) in [7, 11) is 0. The van der Waals surface area contributed by atoms with Crippen molar-refractivity contribution in [2.24, 2.45) is 10.9 Å². The van der Waals surface area contributed by atoms with E-state index in [0.29, 0.717) is 9.84 Å². The van der Waals surface area contributed by atoms with E-state index in [2.05, 4.69) is 53.7 Å². The van der Waals surface area contributed by atoms with Crippen molar-refractivity contribution in [2.45, 2.75) is 31.6 Å². The summed E-state index contributed by atoms with van der Waals surface area (Å²) in [6.45, 7) is 9.38. The molecule has 0 saturated carbocycles. The summed E-state index contributed by atoms with van der Waals surface area (Å²) in [5, 5.41) is 3.28. The van der Waals surface area contributed by atoms with Gasteiger partial charge in [-0.05, 0) is 18.9 Å². The van der Waals surface area contributed by atoms with Crippen molar-refractivity contribution in [2.75, 3.05) is 6.54 Å². The molecule has 0 bridgehead atoms. The Labute approximate surface area is 95.0 Å². The summed E-state index contributed by atoms with van der Waals surface area (Å²) in [5.41, 5.74) is 0. The van der Waals surface area contributed by atoms with Gasteiger partial charge in [0.25, 0.3) is 0 Å². The highest BCUT2D eigenvalue weighted by Crippen LogP contribution is 1.99. The molecule has 13 heavy (non-hydrogen) atoms. The van der Waals surface area contributed by atoms with E-state index >= 15 is 0 Å². The fraction of sp³-hybridized carbons (Fsp3) is 0.700. The smallest absolute Gasteiger partial charge is 0.121 e. The Morgan fingerprint density at radius 3 is 2.46 bits per heavy atom. The van der Waals surface area contributed by atoms with Crippen molar-refractivity contribution in [1.29, 1.82) is 0 Å². The van der Waals surface area contributed by atoms with Crippen molar-refractivity contribution in [1.82, 2.24) is 5.32 Å². The highest BCUT2D eigenvalue weighted by Gasteiger charge is 1.96. The molecule has 0 aliphatic rings. The van der Waals surface area contributed by atoms with Crippen LogP contribution < -0.4 is 5.32 Å². The number of rotatable bonds is 5. The molecule has 0 aromatic rings. The molecule has 1 unspecified atom stereocenters. The zero-order valence-electron chi connectivity index (χ0n) is 8.84. The molecule has 0 aromatic carbocycles. The minimum Gasteiger partial charge on any atom is -0.369 e. The van der Waals surface area contributed by atoms with Crippen LogP contribution in [-0.4, -0.2) is 16.7 Å². The van der Waals surface area contributed by atoms with Crippen LogP contribution in [0.1, 0.15) is 27.7 Å². The SMILES string of the molecule is C/C=C(\N=CC(C)C)NCC(C)I. The lowest BCUT2D eigenvalue weighted by Gasteiger charge is -2.07. The van der Waals surface area contributed by atoms with Crippen LogP contribution in [0.5, 0.6) is 0 Å². The first kappa shape index (κ1) is 12.9. The minimum absolute atomic E-state index is 0.508. The number of allylic oxidation sites excluding steroid dienone is 1. The first-order chi connectivity index (χ1) is 6.06. The van der Waals surface area contributed by atoms with Gasteiger partial charge in [0.2, 0.25) is 0 Å². The van der Waals surface area contributed by atoms with Crippen LogP contribution >= 0.6 is 22.6 Å². The van der Waals surface area contributed by atoms with Crippen molar-refractivity contribution in [3.63, 3.8) is 0 Å². The van der Waals surface area contributed by atoms with Crippen molar-refractivity contribution in [3.05, 3.63) is 11.9 Å². The zero-order chi connectivity index (χ0) is 10.3. The summed E-state index contributed by atoms with van der Waals surface area (Å²) in [4.78, 5) is 4.34. The molecular formula is C10H19IN2. The monoisotopic (exact) mass is 294 g/mol. The fourth-order valence-electron chi connectivity index (χ4n) is 0.697. The normalized spacial score (nSPS) is 15.4. The number of halogens is 1. The molecule has 0 saturated heterocycles. The maximum atomic E-state index is 4.34. The van der Waals surface area contributed by atoms with E-state index in [0.717, 1.165) is 12.4 Å². The van der Waals surface area contributed by atoms with E-state index in [4.69, 9.17) is 0 Å². The third-order valence-corrected chi connectivity index (χ3v) is 1.79. The Bertz CT molecular complexity index is 183. The maximum absolute atomic E-state index is 4.34. The Balaban J connectivity index is 3.92. The highest BCUT2D eigenvalue weighted by atomic mass is 127. The van der Waals surface area contributed by atoms with E-state index in [9.17, 15) is 0 Å². The molecule has 0 rings (SSSR count). The molecule has 0 aliphatic carbocycles. The van der Waals surface area contributed by atoms with Gasteiger partial charge in [-0.1, -0.05) is 43.4 Å². The third-order valence-electron chi connectivity index (χ3n) is 1.35. The van der Waals surface area contributed by atoms with Gasteiger partial charge in [0.05, 0.1) is 0 Å². The van der Waals surface area contributed by atoms with Gasteiger partial charge in [0.1, 0.15) is 5.82 Å². The lowest BCUT2D eigenvalue weighted by Crippen LogP contribution is -2.19. The number of hydrogen-bond donors (Lipinski definition) is 1. The van der Waals surface area contributed by atoms with E-state index in [-0.39, 0.29) is 0 Å². The second kappa shape index (κ2) is 7.35. The molecule has 0 heterocycles. The van der Waals surface area contributed by atoms with Gasteiger partial charge in [-0.2, -0.15) is 0 Å². The van der Waals surface area contributed by atoms with E-state index in [1.165, 1.54) is 0 Å². The second-order valence-electron chi connectivity index (χ2n) is 3.36. The van der Waals surface area contributed by atoms with Crippen LogP contribution in [0.4, 0.5) is 0 Å². The molecule has 0 spiro atoms. The number of alkyl halides is 1. The molecule has 76 valence electrons. The zero-order valence-corrected chi connectivity index (χ0v) is 11.0. The van der Waals surface area contributed by atoms with Crippen LogP contribution in [0.3, 0.4) is 0 Å². The predicted molar refractivity (Wildman–Crippen MR) is 68.6 cm³/mol. The van der Waals surface area contributed by atoms with Gasteiger partial charge in [0, 0.05) is 16.7 Å². The van der Waals surface area contributed by atoms with Crippen molar-refractivity contribution < 1.29 is 0 Å². The third kappa shape index (κ3) is 8.28. The maximum Gasteiger partial charge on any atom is 0.121 e. The average molecular weight is 294 g/mol. The van der Waals surface area contributed by atoms with Crippen molar-refractivity contribution >= 4 is 28.8 Å². The summed E-state index contributed by atoms with van der Waals surface area (Å²) in [6.07, 6.45) is 3.96. The summed E-state index contributed by atoms with van der Waals surface area (Å²) >= 11 is 2.39. The Morgan fingerprint density at radius 2 is 2.08 bits per heavy atom. The van der Waals surface area contributed by atoms with Crippen LogP contribution in [0.2, 0.25) is 0 Å². The molecule has 0 aromatic heterocycles. The molecule has 3 heteroatoms. The van der Waals surface area contributed by atoms with Crippen LogP contribution in [0, 0.1) is 5.92 Å². The predicted octanol–water partition coefficient (Wildman–Crippen LogP) is 2.99. The molecule has 0 radical (unpaired) electrons. The quantitative estimate of drug-likeness (QED) is 0.470. The van der Waals surface area contributed by atoms with Crippen molar-refractivity contribution in [3.8, 4) is 0 Å². The summed E-state index contributed by atoms with van der Waals surface area (Å²) in [6, 6.07) is 0. The fourth-order valence-corrected chi connectivity index (χ4v) is 0.917. The minimum atomic E-state index is 0.508. The molecule has 1 N–H and O–H groups in total. The Morgan fingerprint density at radius 1 is 1.46 bits per heavy atom.